The maximum absolute atomic E-state index is 12.8. The van der Waals surface area contributed by atoms with Crippen LogP contribution in [0.3, 0.4) is 0 Å². The maximum Gasteiger partial charge on any atom is 0.327 e. The number of amides is 5. The normalized spacial score (nSPS) is 13.3. The van der Waals surface area contributed by atoms with Crippen LogP contribution >= 0.6 is 12.6 Å². The van der Waals surface area contributed by atoms with Gasteiger partial charge in [-0.1, -0.05) is 0 Å². The number of H-pyrrole nitrogens is 1. The molecule has 0 radical (unpaired) electrons. The van der Waals surface area contributed by atoms with Gasteiger partial charge in [0.2, 0.25) is 29.6 Å². The molecule has 2 heterocycles. The zero-order valence-electron chi connectivity index (χ0n) is 31.7. The van der Waals surface area contributed by atoms with Crippen LogP contribution in [0.25, 0.3) is 11.2 Å². The lowest BCUT2D eigenvalue weighted by atomic mass is 10.1. The molecule has 27 heteroatoms. The van der Waals surface area contributed by atoms with Crippen LogP contribution in [0, 0.1) is 0 Å². The smallest absolute Gasteiger partial charge is 0.327 e. The highest BCUT2D eigenvalue weighted by molar-refractivity contribution is 7.80. The number of carbonyl (C=O) groups is 9. The van der Waals surface area contributed by atoms with Gasteiger partial charge >= 0.3 is 23.9 Å². The van der Waals surface area contributed by atoms with Crippen molar-refractivity contribution >= 4 is 88.8 Å². The van der Waals surface area contributed by atoms with Crippen molar-refractivity contribution in [2.24, 2.45) is 5.73 Å². The van der Waals surface area contributed by atoms with Gasteiger partial charge in [-0.3, -0.25) is 38.5 Å². The van der Waals surface area contributed by atoms with Crippen LogP contribution in [0.4, 0.5) is 11.6 Å². The van der Waals surface area contributed by atoms with Crippen LogP contribution in [0.2, 0.25) is 0 Å². The third kappa shape index (κ3) is 15.4. The average Bonchev–Trinajstić information content (AvgIpc) is 3.20. The van der Waals surface area contributed by atoms with E-state index in [2.05, 4.69) is 59.1 Å². The van der Waals surface area contributed by atoms with Crippen molar-refractivity contribution in [3.8, 4) is 0 Å². The Morgan fingerprint density at radius 2 is 1.34 bits per heavy atom. The van der Waals surface area contributed by atoms with Crippen molar-refractivity contribution in [3.63, 3.8) is 0 Å². The highest BCUT2D eigenvalue weighted by Crippen LogP contribution is 2.13. The van der Waals surface area contributed by atoms with Gasteiger partial charge in [-0.25, -0.2) is 24.4 Å². The molecule has 5 atom stereocenters. The number of hydrogen-bond acceptors (Lipinski definition) is 17. The van der Waals surface area contributed by atoms with E-state index in [1.54, 1.807) is 0 Å². The molecular formula is C34H42N12O14S. The number of anilines is 2. The molecule has 5 unspecified atom stereocenters. The number of thiol groups is 1. The number of benzene rings is 1. The second-order valence-corrected chi connectivity index (χ2v) is 13.3. The molecule has 0 aliphatic heterocycles. The van der Waals surface area contributed by atoms with Crippen LogP contribution in [0.1, 0.15) is 48.2 Å². The van der Waals surface area contributed by atoms with Gasteiger partial charge in [0, 0.05) is 36.4 Å². The second kappa shape index (κ2) is 22.7. The number of nitrogen functional groups attached to an aromatic ring is 1. The summed E-state index contributed by atoms with van der Waals surface area (Å²) in [4.78, 5) is 135. The molecule has 1 aromatic carbocycles. The summed E-state index contributed by atoms with van der Waals surface area (Å²) in [6, 6.07) is -2.11. The molecule has 0 saturated heterocycles. The molecule has 0 fully saturated rings. The van der Waals surface area contributed by atoms with Gasteiger partial charge in [0.15, 0.2) is 11.2 Å². The molecule has 26 nitrogen and oxygen atoms in total. The van der Waals surface area contributed by atoms with Crippen molar-refractivity contribution in [1.82, 2.24) is 46.5 Å². The SMILES string of the molecule is Nc1nc2ncc(CNc3ccc(C(=O)NC(CCC(=O)NC(CCC(=O)NCC(N)C(=O)NC(CC(=O)O)C(=O)NC(CS)C(=O)O)C(=O)O)C(=O)O)cc3)nc2c(=O)[nH]1. The third-order valence-electron chi connectivity index (χ3n) is 8.33. The fourth-order valence-corrected chi connectivity index (χ4v) is 5.33. The van der Waals surface area contributed by atoms with Crippen LogP contribution < -0.4 is 48.9 Å². The molecule has 0 spiro atoms. The monoisotopic (exact) mass is 874 g/mol. The molecule has 3 aromatic rings. The molecule has 5 amide bonds. The summed E-state index contributed by atoms with van der Waals surface area (Å²) in [7, 11) is 0. The zero-order valence-corrected chi connectivity index (χ0v) is 32.6. The molecule has 0 bridgehead atoms. The molecule has 3 rings (SSSR count). The van der Waals surface area contributed by atoms with Gasteiger partial charge in [-0.15, -0.1) is 0 Å². The first-order valence-electron chi connectivity index (χ1n) is 17.9. The standard InChI is InChI=1S/C34H42N12O14S/c35-17(28(52)43-20(9-24(49)50)29(53)44-21(13-61)33(59)60)12-38-22(47)7-5-18(31(55)56)41-23(48)8-6-19(32(57)58)42-27(51)14-1-3-15(4-2-14)37-10-16-11-39-26-25(40-16)30(54)46-34(36)45-26/h1-4,11,17-21,37,61H,5-10,12-13,35H2,(H,38,47)(H,41,48)(H,42,51)(H,43,52)(H,44,53)(H,49,50)(H,55,56)(H,57,58)(H,59,60)(H3,36,39,45,46,54). The van der Waals surface area contributed by atoms with Gasteiger partial charge < -0.3 is 63.8 Å². The summed E-state index contributed by atoms with van der Waals surface area (Å²) in [6.07, 6.45) is -1.50. The highest BCUT2D eigenvalue weighted by atomic mass is 32.1. The number of carbonyl (C=O) groups excluding carboxylic acids is 5. The Labute approximate surface area is 348 Å². The highest BCUT2D eigenvalue weighted by Gasteiger charge is 2.30. The average molecular weight is 875 g/mol. The number of nitrogens with one attached hydrogen (secondary N) is 7. The fraction of sp³-hybridized carbons (Fsp3) is 0.382. The molecule has 328 valence electrons. The number of carboxylic acid groups (broad SMARTS) is 4. The Kier molecular flexibility index (Phi) is 17.8. The summed E-state index contributed by atoms with van der Waals surface area (Å²) in [5.74, 6) is -11.2. The van der Waals surface area contributed by atoms with E-state index in [0.717, 1.165) is 0 Å². The summed E-state index contributed by atoms with van der Waals surface area (Å²) in [6.45, 7) is -0.428. The van der Waals surface area contributed by atoms with E-state index in [1.165, 1.54) is 30.5 Å². The number of hydrogen-bond donors (Lipinski definition) is 14. The molecule has 61 heavy (non-hydrogen) atoms. The first-order chi connectivity index (χ1) is 28.8. The first kappa shape index (κ1) is 48.0. The third-order valence-corrected chi connectivity index (χ3v) is 8.69. The summed E-state index contributed by atoms with van der Waals surface area (Å²) in [5, 5.41) is 51.3. The lowest BCUT2D eigenvalue weighted by molar-refractivity contribution is -0.143. The van der Waals surface area contributed by atoms with Crippen molar-refractivity contribution in [2.75, 3.05) is 23.3 Å². The Hall–Kier alpha value is -7.42. The predicted octanol–water partition coefficient (Wildman–Crippen LogP) is -3.88. The van der Waals surface area contributed by atoms with Gasteiger partial charge in [-0.2, -0.15) is 17.6 Å². The fourth-order valence-electron chi connectivity index (χ4n) is 5.09. The second-order valence-electron chi connectivity index (χ2n) is 13.0. The molecule has 0 aliphatic carbocycles. The van der Waals surface area contributed by atoms with Crippen LogP contribution in [0.5, 0.6) is 0 Å². The van der Waals surface area contributed by atoms with E-state index >= 15 is 0 Å². The van der Waals surface area contributed by atoms with E-state index < -0.39 is 128 Å². The summed E-state index contributed by atoms with van der Waals surface area (Å²) in [5.41, 5.74) is 11.7. The zero-order chi connectivity index (χ0) is 45.4. The van der Waals surface area contributed by atoms with Crippen molar-refractivity contribution in [2.45, 2.75) is 68.9 Å². The quantitative estimate of drug-likeness (QED) is 0.0383. The Morgan fingerprint density at radius 1 is 0.754 bits per heavy atom. The van der Waals surface area contributed by atoms with E-state index in [1.807, 2.05) is 5.32 Å². The molecule has 15 N–H and O–H groups in total. The molecular weight excluding hydrogens is 833 g/mol. The largest absolute Gasteiger partial charge is 0.481 e. The van der Waals surface area contributed by atoms with Crippen LogP contribution in [-0.2, 0) is 44.9 Å². The minimum Gasteiger partial charge on any atom is -0.481 e. The lowest BCUT2D eigenvalue weighted by Crippen LogP contribution is -2.57. The van der Waals surface area contributed by atoms with Gasteiger partial charge in [0.25, 0.3) is 11.5 Å². The number of nitrogens with zero attached hydrogens (tertiary/aromatic N) is 3. The number of aliphatic carboxylic acids is 4. The lowest BCUT2D eigenvalue weighted by Gasteiger charge is -2.21. The van der Waals surface area contributed by atoms with Crippen molar-refractivity contribution in [3.05, 3.63) is 52.1 Å². The van der Waals surface area contributed by atoms with Crippen molar-refractivity contribution < 1.29 is 63.6 Å². The number of aromatic nitrogens is 4. The number of rotatable bonds is 24. The van der Waals surface area contributed by atoms with Crippen LogP contribution in [-0.4, -0.2) is 136 Å². The van der Waals surface area contributed by atoms with Crippen LogP contribution in [0.15, 0.2) is 35.3 Å². The summed E-state index contributed by atoms with van der Waals surface area (Å²) < 4.78 is 0. The maximum atomic E-state index is 12.8. The predicted molar refractivity (Wildman–Crippen MR) is 212 cm³/mol. The molecule has 0 aliphatic rings. The minimum atomic E-state index is -1.74. The number of fused-ring (bicyclic) bond motifs is 1. The Morgan fingerprint density at radius 3 is 1.93 bits per heavy atom. The Bertz CT molecular complexity index is 2210. The van der Waals surface area contributed by atoms with E-state index in [0.29, 0.717) is 11.4 Å². The number of nitrogens with two attached hydrogens (primary N) is 2. The molecule has 2 aromatic heterocycles. The number of carboxylic acids is 4. The van der Waals surface area contributed by atoms with Crippen molar-refractivity contribution in [1.29, 1.82) is 0 Å². The van der Waals surface area contributed by atoms with E-state index in [9.17, 15) is 58.2 Å². The number of aromatic amines is 1. The van der Waals surface area contributed by atoms with E-state index in [4.69, 9.17) is 21.7 Å². The topological polar surface area (TPSA) is 430 Å². The van der Waals surface area contributed by atoms with Gasteiger partial charge in [0.05, 0.1) is 24.9 Å². The van der Waals surface area contributed by atoms with Gasteiger partial charge in [0.1, 0.15) is 30.2 Å². The van der Waals surface area contributed by atoms with Gasteiger partial charge in [-0.05, 0) is 37.1 Å². The molecule has 0 saturated carbocycles. The summed E-state index contributed by atoms with van der Waals surface area (Å²) >= 11 is 3.78. The minimum absolute atomic E-state index is 0.0108. The first-order valence-corrected chi connectivity index (χ1v) is 18.5. The van der Waals surface area contributed by atoms with E-state index in [-0.39, 0.29) is 35.0 Å². The Balaban J connectivity index is 1.45.